The van der Waals surface area contributed by atoms with Gasteiger partial charge in [-0.1, -0.05) is 12.1 Å². The van der Waals surface area contributed by atoms with Crippen molar-refractivity contribution in [2.24, 2.45) is 0 Å². The zero-order valence-corrected chi connectivity index (χ0v) is 24.3. The number of hydrogen-bond acceptors (Lipinski definition) is 7. The first kappa shape index (κ1) is 28.4. The van der Waals surface area contributed by atoms with Crippen LogP contribution in [0.5, 0.6) is 0 Å². The SMILES string of the molecule is CC(C)n1c(=O)n(C(=O)NC2CC3CCC(C2)N3C[C@@H](O)CN2CCN(C(=O)[C@@H]3CCCO3)CC2)c2ccccc21. The van der Waals surface area contributed by atoms with E-state index in [4.69, 9.17) is 4.74 Å². The minimum Gasteiger partial charge on any atom is -0.390 e. The Labute approximate surface area is 241 Å². The molecular formula is C30H44N6O5. The molecule has 4 atom stereocenters. The van der Waals surface area contributed by atoms with E-state index >= 15 is 0 Å². The molecule has 2 N–H and O–H groups in total. The Kier molecular flexibility index (Phi) is 8.22. The van der Waals surface area contributed by atoms with Gasteiger partial charge in [-0.2, -0.15) is 0 Å². The molecule has 11 nitrogen and oxygen atoms in total. The molecule has 0 spiro atoms. The van der Waals surface area contributed by atoms with E-state index < -0.39 is 6.10 Å². The highest BCUT2D eigenvalue weighted by atomic mass is 16.5. The van der Waals surface area contributed by atoms with Crippen molar-refractivity contribution in [3.8, 4) is 0 Å². The van der Waals surface area contributed by atoms with Crippen LogP contribution in [-0.2, 0) is 9.53 Å². The van der Waals surface area contributed by atoms with Crippen molar-refractivity contribution < 1.29 is 19.4 Å². The molecule has 0 aliphatic carbocycles. The molecule has 2 unspecified atom stereocenters. The number of nitrogens with zero attached hydrogens (tertiary/aromatic N) is 5. The number of carbonyl (C=O) groups excluding carboxylic acids is 2. The van der Waals surface area contributed by atoms with E-state index in [1.54, 1.807) is 4.57 Å². The summed E-state index contributed by atoms with van der Waals surface area (Å²) in [6.07, 6.45) is 4.79. The molecule has 5 heterocycles. The first-order valence-electron chi connectivity index (χ1n) is 15.4. The van der Waals surface area contributed by atoms with Gasteiger partial charge < -0.3 is 20.1 Å². The summed E-state index contributed by atoms with van der Waals surface area (Å²) < 4.78 is 8.51. The van der Waals surface area contributed by atoms with Gasteiger partial charge in [0, 0.05) is 70.0 Å². The van der Waals surface area contributed by atoms with Gasteiger partial charge in [0.05, 0.1) is 17.1 Å². The average molecular weight is 569 g/mol. The van der Waals surface area contributed by atoms with E-state index in [0.29, 0.717) is 50.4 Å². The third kappa shape index (κ3) is 5.69. The number of β-amino-alcohol motifs (C(OH)–C–C–N with tert-alkyl or cyclic N) is 1. The first-order valence-corrected chi connectivity index (χ1v) is 15.4. The van der Waals surface area contributed by atoms with E-state index in [0.717, 1.165) is 57.1 Å². The topological polar surface area (TPSA) is 112 Å². The largest absolute Gasteiger partial charge is 0.390 e. The number of piperazine rings is 1. The highest BCUT2D eigenvalue weighted by molar-refractivity contribution is 5.89. The monoisotopic (exact) mass is 568 g/mol. The predicted octanol–water partition coefficient (Wildman–Crippen LogP) is 1.62. The maximum absolute atomic E-state index is 13.4. The number of fused-ring (bicyclic) bond motifs is 3. The molecule has 4 aliphatic heterocycles. The van der Waals surface area contributed by atoms with Gasteiger partial charge in [0.15, 0.2) is 0 Å². The second-order valence-corrected chi connectivity index (χ2v) is 12.6. The van der Waals surface area contributed by atoms with Crippen LogP contribution in [0.4, 0.5) is 4.79 Å². The lowest BCUT2D eigenvalue weighted by Gasteiger charge is -2.41. The molecule has 2 amide bonds. The van der Waals surface area contributed by atoms with E-state index in [1.807, 2.05) is 43.0 Å². The predicted molar refractivity (Wildman–Crippen MR) is 155 cm³/mol. The van der Waals surface area contributed by atoms with Gasteiger partial charge in [-0.15, -0.1) is 0 Å². The van der Waals surface area contributed by atoms with Crippen molar-refractivity contribution in [2.75, 3.05) is 45.9 Å². The maximum Gasteiger partial charge on any atom is 0.337 e. The van der Waals surface area contributed by atoms with Crippen LogP contribution in [0.25, 0.3) is 11.0 Å². The number of aliphatic hydroxyl groups excluding tert-OH is 1. The summed E-state index contributed by atoms with van der Waals surface area (Å²) in [5.41, 5.74) is 1.09. The zero-order chi connectivity index (χ0) is 28.7. The van der Waals surface area contributed by atoms with Crippen LogP contribution in [0.1, 0.15) is 58.4 Å². The smallest absolute Gasteiger partial charge is 0.337 e. The van der Waals surface area contributed by atoms with Gasteiger partial charge in [-0.3, -0.25) is 19.2 Å². The van der Waals surface area contributed by atoms with Crippen LogP contribution in [0, 0.1) is 0 Å². The van der Waals surface area contributed by atoms with Gasteiger partial charge in [-0.05, 0) is 64.5 Å². The zero-order valence-electron chi connectivity index (χ0n) is 24.3. The Balaban J connectivity index is 1.01. The molecule has 0 radical (unpaired) electrons. The summed E-state index contributed by atoms with van der Waals surface area (Å²) in [7, 11) is 0. The van der Waals surface area contributed by atoms with Crippen molar-refractivity contribution >= 4 is 23.0 Å². The van der Waals surface area contributed by atoms with Gasteiger partial charge >= 0.3 is 11.7 Å². The van der Waals surface area contributed by atoms with Gasteiger partial charge in [0.1, 0.15) is 6.10 Å². The summed E-state index contributed by atoms with van der Waals surface area (Å²) in [4.78, 5) is 45.8. The maximum atomic E-state index is 13.4. The minimum absolute atomic E-state index is 0.00378. The normalized spacial score (nSPS) is 28.0. The quantitative estimate of drug-likeness (QED) is 0.522. The number of aliphatic hydroxyl groups is 1. The summed E-state index contributed by atoms with van der Waals surface area (Å²) in [5, 5.41) is 14.2. The van der Waals surface area contributed by atoms with Gasteiger partial charge in [-0.25, -0.2) is 14.2 Å². The summed E-state index contributed by atoms with van der Waals surface area (Å²) >= 11 is 0. The summed E-state index contributed by atoms with van der Waals surface area (Å²) in [6.45, 7) is 8.69. The van der Waals surface area contributed by atoms with Crippen molar-refractivity contribution in [1.82, 2.24) is 29.2 Å². The van der Waals surface area contributed by atoms with E-state index in [2.05, 4.69) is 15.1 Å². The molecule has 2 aromatic rings. The number of benzene rings is 1. The number of imidazole rings is 1. The van der Waals surface area contributed by atoms with Crippen molar-refractivity contribution in [2.45, 2.75) is 88.7 Å². The van der Waals surface area contributed by atoms with Crippen LogP contribution in [-0.4, -0.2) is 117 Å². The molecule has 0 saturated carbocycles. The van der Waals surface area contributed by atoms with E-state index in [-0.39, 0.29) is 35.8 Å². The third-order valence-corrected chi connectivity index (χ3v) is 9.49. The van der Waals surface area contributed by atoms with Crippen LogP contribution in [0.3, 0.4) is 0 Å². The molecule has 1 aromatic carbocycles. The lowest BCUT2D eigenvalue weighted by molar-refractivity contribution is -0.142. The van der Waals surface area contributed by atoms with Crippen molar-refractivity contribution in [3.05, 3.63) is 34.7 Å². The second kappa shape index (κ2) is 11.9. The number of rotatable bonds is 7. The molecule has 4 aliphatic rings. The van der Waals surface area contributed by atoms with Crippen LogP contribution >= 0.6 is 0 Å². The Morgan fingerprint density at radius 3 is 2.32 bits per heavy atom. The first-order chi connectivity index (χ1) is 19.8. The molecule has 224 valence electrons. The van der Waals surface area contributed by atoms with Crippen LogP contribution in [0.2, 0.25) is 0 Å². The number of aromatic nitrogens is 2. The number of ether oxygens (including phenoxy) is 1. The fraction of sp³-hybridized carbons (Fsp3) is 0.700. The fourth-order valence-electron chi connectivity index (χ4n) is 7.52. The lowest BCUT2D eigenvalue weighted by atomic mass is 9.97. The fourth-order valence-corrected chi connectivity index (χ4v) is 7.52. The number of piperidine rings is 1. The lowest BCUT2D eigenvalue weighted by Crippen LogP contribution is -2.56. The third-order valence-electron chi connectivity index (χ3n) is 9.49. The molecule has 2 bridgehead atoms. The van der Waals surface area contributed by atoms with Crippen LogP contribution < -0.4 is 11.0 Å². The van der Waals surface area contributed by atoms with Crippen LogP contribution in [0.15, 0.2) is 29.1 Å². The summed E-state index contributed by atoms with van der Waals surface area (Å²) in [5.74, 6) is 0.116. The standard InChI is InChI=1S/C30H44N6O5/c1-20(2)35-25-6-3-4-7-26(25)36(30(35)40)29(39)31-21-16-22-9-10-23(17-21)34(22)19-24(37)18-32-11-13-33(14-12-32)28(38)27-8-5-15-41-27/h3-4,6-7,20-24,27,37H,5,8-19H2,1-2H3,(H,31,39)/t21?,22?,23?,24-,27-/m0/s1. The molecule has 4 saturated heterocycles. The number of carbonyl (C=O) groups is 2. The molecule has 41 heavy (non-hydrogen) atoms. The Hall–Kier alpha value is -2.73. The Morgan fingerprint density at radius 1 is 1.00 bits per heavy atom. The Bertz CT molecular complexity index is 1290. The van der Waals surface area contributed by atoms with Crippen molar-refractivity contribution in [3.63, 3.8) is 0 Å². The highest BCUT2D eigenvalue weighted by Crippen LogP contribution is 2.36. The molecule has 6 rings (SSSR count). The molecule has 11 heteroatoms. The highest BCUT2D eigenvalue weighted by Gasteiger charge is 2.42. The van der Waals surface area contributed by atoms with Gasteiger partial charge in [0.2, 0.25) is 0 Å². The average Bonchev–Trinajstić information content (AvgIpc) is 3.64. The second-order valence-electron chi connectivity index (χ2n) is 12.6. The Morgan fingerprint density at radius 2 is 1.68 bits per heavy atom. The van der Waals surface area contributed by atoms with Gasteiger partial charge in [0.25, 0.3) is 5.91 Å². The molecular weight excluding hydrogens is 524 g/mol. The number of amides is 2. The minimum atomic E-state index is -0.467. The number of nitrogens with one attached hydrogen (secondary N) is 1. The van der Waals surface area contributed by atoms with E-state index in [1.165, 1.54) is 4.57 Å². The van der Waals surface area contributed by atoms with Crippen molar-refractivity contribution in [1.29, 1.82) is 0 Å². The molecule has 4 fully saturated rings. The molecule has 1 aromatic heterocycles. The van der Waals surface area contributed by atoms with E-state index in [9.17, 15) is 19.5 Å². The number of hydrogen-bond donors (Lipinski definition) is 2. The summed E-state index contributed by atoms with van der Waals surface area (Å²) in [6, 6.07) is 7.65. The number of para-hydroxylation sites is 2.